The molecule has 0 aliphatic rings. The highest BCUT2D eigenvalue weighted by atomic mass is 127. The molecule has 0 amide bonds. The van der Waals surface area contributed by atoms with Crippen LogP contribution in [0.4, 0.5) is 5.95 Å². The van der Waals surface area contributed by atoms with Gasteiger partial charge in [-0.25, -0.2) is 4.98 Å². The Morgan fingerprint density at radius 1 is 1.33 bits per heavy atom. The molecule has 0 aromatic carbocycles. The molecule has 5 nitrogen and oxygen atoms in total. The molecule has 3 aromatic heterocycles. The van der Waals surface area contributed by atoms with Gasteiger partial charge in [0.2, 0.25) is 5.95 Å². The Kier molecular flexibility index (Phi) is 3.75. The third-order valence-corrected chi connectivity index (χ3v) is 5.38. The molecule has 0 unspecified atom stereocenters. The number of rotatable bonds is 2. The molecule has 108 valence electrons. The van der Waals surface area contributed by atoms with Crippen molar-refractivity contribution in [3.8, 4) is 0 Å². The smallest absolute Gasteiger partial charge is 0.223 e. The summed E-state index contributed by atoms with van der Waals surface area (Å²) in [7, 11) is 0. The van der Waals surface area contributed by atoms with Crippen LogP contribution in [-0.2, 0) is 6.54 Å². The predicted molar refractivity (Wildman–Crippen MR) is 92.5 cm³/mol. The molecule has 0 atom stereocenters. The number of fused-ring (bicyclic) bond motifs is 1. The zero-order valence-corrected chi connectivity index (χ0v) is 14.5. The van der Waals surface area contributed by atoms with Gasteiger partial charge in [0.05, 0.1) is 17.6 Å². The minimum Gasteiger partial charge on any atom is -0.368 e. The highest BCUT2D eigenvalue weighted by Crippen LogP contribution is 2.24. The van der Waals surface area contributed by atoms with Gasteiger partial charge in [0.25, 0.3) is 0 Å². The van der Waals surface area contributed by atoms with Crippen LogP contribution in [0.3, 0.4) is 0 Å². The second-order valence-electron chi connectivity index (χ2n) is 4.88. The number of nitrogen functional groups attached to an aromatic ring is 1. The molecule has 0 fully saturated rings. The van der Waals surface area contributed by atoms with E-state index in [9.17, 15) is 0 Å². The van der Waals surface area contributed by atoms with Gasteiger partial charge in [-0.1, -0.05) is 11.6 Å². The zero-order valence-electron chi connectivity index (χ0n) is 11.6. The van der Waals surface area contributed by atoms with E-state index in [4.69, 9.17) is 17.3 Å². The first-order valence-corrected chi connectivity index (χ1v) is 7.81. The second-order valence-corrected chi connectivity index (χ2v) is 6.32. The predicted octanol–water partition coefficient (Wildman–Crippen LogP) is 3.33. The normalized spacial score (nSPS) is 11.2. The van der Waals surface area contributed by atoms with Crippen molar-refractivity contribution < 1.29 is 0 Å². The summed E-state index contributed by atoms with van der Waals surface area (Å²) in [6, 6.07) is 1.89. The number of nitrogens with zero attached hydrogens (tertiary/aromatic N) is 4. The molecule has 0 saturated heterocycles. The van der Waals surface area contributed by atoms with Crippen LogP contribution in [0.15, 0.2) is 18.5 Å². The summed E-state index contributed by atoms with van der Waals surface area (Å²) in [5, 5.41) is 1.17. The standard InChI is InChI=1S/C14H13ClIN5/c1-7-5-18-10(8(2)11(7)16)6-21-4-3-9-12(15)19-14(17)20-13(9)21/h3-5H,6H2,1-2H3,(H2,17,19,20). The molecule has 0 spiro atoms. The first-order valence-electron chi connectivity index (χ1n) is 6.36. The lowest BCUT2D eigenvalue weighted by Gasteiger charge is -2.10. The van der Waals surface area contributed by atoms with E-state index in [-0.39, 0.29) is 5.95 Å². The number of pyridine rings is 1. The van der Waals surface area contributed by atoms with Crippen LogP contribution >= 0.6 is 34.2 Å². The molecule has 0 saturated carbocycles. The van der Waals surface area contributed by atoms with Gasteiger partial charge in [-0.3, -0.25) is 4.98 Å². The van der Waals surface area contributed by atoms with Crippen molar-refractivity contribution in [1.29, 1.82) is 0 Å². The minimum atomic E-state index is 0.176. The molecule has 3 rings (SSSR count). The van der Waals surface area contributed by atoms with E-state index in [1.54, 1.807) is 0 Å². The highest BCUT2D eigenvalue weighted by molar-refractivity contribution is 14.1. The Morgan fingerprint density at radius 3 is 2.86 bits per heavy atom. The lowest BCUT2D eigenvalue weighted by atomic mass is 10.1. The number of hydrogen-bond donors (Lipinski definition) is 1. The van der Waals surface area contributed by atoms with Gasteiger partial charge >= 0.3 is 0 Å². The van der Waals surface area contributed by atoms with Crippen molar-refractivity contribution in [3.05, 3.63) is 44.0 Å². The van der Waals surface area contributed by atoms with Gasteiger partial charge in [0.15, 0.2) is 0 Å². The first kappa shape index (κ1) is 14.5. The molecule has 7 heteroatoms. The molecule has 21 heavy (non-hydrogen) atoms. The van der Waals surface area contributed by atoms with Crippen LogP contribution in [0.1, 0.15) is 16.8 Å². The lowest BCUT2D eigenvalue weighted by Crippen LogP contribution is -2.06. The average molecular weight is 414 g/mol. The van der Waals surface area contributed by atoms with Crippen LogP contribution in [-0.4, -0.2) is 19.5 Å². The number of aromatic nitrogens is 4. The van der Waals surface area contributed by atoms with Gasteiger partial charge in [-0.05, 0) is 53.6 Å². The van der Waals surface area contributed by atoms with Crippen LogP contribution in [0.2, 0.25) is 5.15 Å². The fraction of sp³-hybridized carbons (Fsp3) is 0.214. The number of hydrogen-bond acceptors (Lipinski definition) is 4. The summed E-state index contributed by atoms with van der Waals surface area (Å²) < 4.78 is 3.22. The summed E-state index contributed by atoms with van der Waals surface area (Å²) in [6.45, 7) is 4.77. The summed E-state index contributed by atoms with van der Waals surface area (Å²) in [4.78, 5) is 12.8. The molecule has 0 radical (unpaired) electrons. The Bertz CT molecular complexity index is 843. The molecule has 3 aromatic rings. The fourth-order valence-corrected chi connectivity index (χ4v) is 2.93. The molecular formula is C14H13ClIN5. The first-order chi connectivity index (χ1) is 9.97. The van der Waals surface area contributed by atoms with Gasteiger partial charge in [0, 0.05) is 16.0 Å². The molecule has 0 aliphatic carbocycles. The second kappa shape index (κ2) is 5.42. The minimum absolute atomic E-state index is 0.176. The van der Waals surface area contributed by atoms with Crippen LogP contribution in [0, 0.1) is 17.4 Å². The highest BCUT2D eigenvalue weighted by Gasteiger charge is 2.12. The molecular weight excluding hydrogens is 401 g/mol. The van der Waals surface area contributed by atoms with E-state index >= 15 is 0 Å². The number of anilines is 1. The third kappa shape index (κ3) is 2.57. The summed E-state index contributed by atoms with van der Waals surface area (Å²) in [5.41, 5.74) is 9.79. The van der Waals surface area contributed by atoms with E-state index < -0.39 is 0 Å². The third-order valence-electron chi connectivity index (χ3n) is 3.43. The van der Waals surface area contributed by atoms with Crippen LogP contribution < -0.4 is 5.73 Å². The molecule has 0 aliphatic heterocycles. The number of aryl methyl sites for hydroxylation is 1. The maximum Gasteiger partial charge on any atom is 0.223 e. The van der Waals surface area contributed by atoms with E-state index in [1.165, 1.54) is 14.7 Å². The summed E-state index contributed by atoms with van der Waals surface area (Å²) in [6.07, 6.45) is 3.82. The van der Waals surface area contributed by atoms with E-state index in [1.807, 2.05) is 23.0 Å². The average Bonchev–Trinajstić information content (AvgIpc) is 2.83. The largest absolute Gasteiger partial charge is 0.368 e. The Labute approximate surface area is 140 Å². The summed E-state index contributed by atoms with van der Waals surface area (Å²) in [5.74, 6) is 0.176. The maximum absolute atomic E-state index is 6.09. The van der Waals surface area contributed by atoms with Gasteiger partial charge in [0.1, 0.15) is 10.8 Å². The Hall–Kier alpha value is -1.41. The van der Waals surface area contributed by atoms with Crippen LogP contribution in [0.25, 0.3) is 11.0 Å². The Balaban J connectivity index is 2.09. The SMILES string of the molecule is Cc1cnc(Cn2ccc3c(Cl)nc(N)nc32)c(C)c1I. The van der Waals surface area contributed by atoms with E-state index in [2.05, 4.69) is 51.4 Å². The quantitative estimate of drug-likeness (QED) is 0.517. The van der Waals surface area contributed by atoms with E-state index in [0.29, 0.717) is 11.7 Å². The van der Waals surface area contributed by atoms with Crippen molar-refractivity contribution >= 4 is 51.2 Å². The van der Waals surface area contributed by atoms with Crippen molar-refractivity contribution in [2.75, 3.05) is 5.73 Å². The van der Waals surface area contributed by atoms with Crippen molar-refractivity contribution in [3.63, 3.8) is 0 Å². The zero-order chi connectivity index (χ0) is 15.1. The van der Waals surface area contributed by atoms with Gasteiger partial charge in [-0.2, -0.15) is 4.98 Å². The van der Waals surface area contributed by atoms with Crippen molar-refractivity contribution in [2.45, 2.75) is 20.4 Å². The van der Waals surface area contributed by atoms with Gasteiger partial charge in [-0.15, -0.1) is 0 Å². The van der Waals surface area contributed by atoms with E-state index in [0.717, 1.165) is 16.7 Å². The van der Waals surface area contributed by atoms with Crippen molar-refractivity contribution in [2.24, 2.45) is 0 Å². The monoisotopic (exact) mass is 413 g/mol. The summed E-state index contributed by atoms with van der Waals surface area (Å²) >= 11 is 8.44. The number of nitrogens with two attached hydrogens (primary N) is 1. The topological polar surface area (TPSA) is 69.6 Å². The molecule has 0 bridgehead atoms. The van der Waals surface area contributed by atoms with Crippen molar-refractivity contribution in [1.82, 2.24) is 19.5 Å². The Morgan fingerprint density at radius 2 is 2.10 bits per heavy atom. The fourth-order valence-electron chi connectivity index (χ4n) is 2.24. The lowest BCUT2D eigenvalue weighted by molar-refractivity contribution is 0.787. The van der Waals surface area contributed by atoms with Crippen LogP contribution in [0.5, 0.6) is 0 Å². The molecule has 3 heterocycles. The molecule has 2 N–H and O–H groups in total. The maximum atomic E-state index is 6.09. The number of halogens is 2. The van der Waals surface area contributed by atoms with Gasteiger partial charge < -0.3 is 10.3 Å².